The third-order valence-corrected chi connectivity index (χ3v) is 5.71. The molecule has 1 saturated heterocycles. The molecular weight excluding hydrogens is 240 g/mol. The van der Waals surface area contributed by atoms with E-state index in [4.69, 9.17) is 0 Å². The molecule has 3 fully saturated rings. The molecule has 0 bridgehead atoms. The first-order chi connectivity index (χ1) is 9.13. The molecule has 19 heavy (non-hydrogen) atoms. The highest BCUT2D eigenvalue weighted by molar-refractivity contribution is 5.81. The zero-order chi connectivity index (χ0) is 13.6. The van der Waals surface area contributed by atoms with Crippen LogP contribution in [0, 0.1) is 28.6 Å². The second-order valence-corrected chi connectivity index (χ2v) is 6.64. The molecule has 1 amide bonds. The number of hydrogen-bond acceptors (Lipinski definition) is 3. The number of nitriles is 1. The van der Waals surface area contributed by atoms with Crippen LogP contribution in [0.25, 0.3) is 0 Å². The Bertz CT molecular complexity index is 422. The van der Waals surface area contributed by atoms with E-state index in [1.54, 1.807) is 0 Å². The average Bonchev–Trinajstić information content (AvgIpc) is 2.91. The van der Waals surface area contributed by atoms with Crippen molar-refractivity contribution in [2.24, 2.45) is 17.3 Å². The van der Waals surface area contributed by atoms with E-state index in [1.165, 1.54) is 0 Å². The number of carbonyl (C=O) groups is 1. The summed E-state index contributed by atoms with van der Waals surface area (Å²) in [4.78, 5) is 14.6. The fourth-order valence-electron chi connectivity index (χ4n) is 4.18. The molecule has 4 heteroatoms. The molecule has 0 radical (unpaired) electrons. The van der Waals surface area contributed by atoms with Crippen molar-refractivity contribution < 1.29 is 9.90 Å². The van der Waals surface area contributed by atoms with Gasteiger partial charge in [-0.15, -0.1) is 0 Å². The van der Waals surface area contributed by atoms with E-state index in [0.29, 0.717) is 12.0 Å². The third kappa shape index (κ3) is 1.87. The van der Waals surface area contributed by atoms with Crippen LogP contribution in [0.15, 0.2) is 0 Å². The molecule has 0 aromatic rings. The Labute approximate surface area is 114 Å². The minimum Gasteiger partial charge on any atom is -0.396 e. The molecule has 4 atom stereocenters. The van der Waals surface area contributed by atoms with Gasteiger partial charge in [-0.2, -0.15) is 5.26 Å². The van der Waals surface area contributed by atoms with Crippen LogP contribution in [0.2, 0.25) is 0 Å². The second-order valence-electron chi connectivity index (χ2n) is 6.64. The zero-order valence-corrected chi connectivity index (χ0v) is 11.5. The zero-order valence-electron chi connectivity index (χ0n) is 11.5. The van der Waals surface area contributed by atoms with Gasteiger partial charge in [-0.1, -0.05) is 19.8 Å². The first-order valence-corrected chi connectivity index (χ1v) is 7.45. The van der Waals surface area contributed by atoms with E-state index in [2.05, 4.69) is 6.07 Å². The van der Waals surface area contributed by atoms with Gasteiger partial charge in [0.1, 0.15) is 6.04 Å². The molecule has 2 aliphatic carbocycles. The summed E-state index contributed by atoms with van der Waals surface area (Å²) in [6, 6.07) is 2.36. The lowest BCUT2D eigenvalue weighted by molar-refractivity contribution is -0.141. The van der Waals surface area contributed by atoms with Crippen molar-refractivity contribution in [3.05, 3.63) is 0 Å². The Morgan fingerprint density at radius 1 is 1.47 bits per heavy atom. The quantitative estimate of drug-likeness (QED) is 0.841. The van der Waals surface area contributed by atoms with Crippen molar-refractivity contribution in [1.29, 1.82) is 5.26 Å². The van der Waals surface area contributed by atoms with E-state index in [1.807, 2.05) is 11.8 Å². The van der Waals surface area contributed by atoms with E-state index < -0.39 is 0 Å². The fraction of sp³-hybridized carbons (Fsp3) is 0.867. The van der Waals surface area contributed by atoms with Gasteiger partial charge in [-0.3, -0.25) is 4.79 Å². The van der Waals surface area contributed by atoms with Gasteiger partial charge in [0, 0.05) is 24.0 Å². The first-order valence-electron chi connectivity index (χ1n) is 7.45. The largest absolute Gasteiger partial charge is 0.396 e. The number of carbonyl (C=O) groups excluding carboxylic acids is 1. The molecule has 2 saturated carbocycles. The minimum absolute atomic E-state index is 0.0963. The second kappa shape index (κ2) is 4.49. The molecule has 0 spiro atoms. The smallest absolute Gasteiger partial charge is 0.227 e. The summed E-state index contributed by atoms with van der Waals surface area (Å²) >= 11 is 0. The molecule has 3 aliphatic rings. The highest BCUT2D eigenvalue weighted by Gasteiger charge is 2.56. The number of hydrogen-bond donors (Lipinski definition) is 1. The van der Waals surface area contributed by atoms with Crippen molar-refractivity contribution in [3.63, 3.8) is 0 Å². The van der Waals surface area contributed by atoms with Gasteiger partial charge in [0.15, 0.2) is 0 Å². The van der Waals surface area contributed by atoms with E-state index in [9.17, 15) is 15.2 Å². The summed E-state index contributed by atoms with van der Waals surface area (Å²) in [6.45, 7) is 2.05. The van der Waals surface area contributed by atoms with Crippen molar-refractivity contribution >= 4 is 5.91 Å². The van der Waals surface area contributed by atoms with Crippen molar-refractivity contribution in [3.8, 4) is 6.07 Å². The number of rotatable bonds is 3. The number of nitrogens with zero attached hydrogens (tertiary/aromatic N) is 2. The normalized spacial score (nSPS) is 36.7. The van der Waals surface area contributed by atoms with Gasteiger partial charge in [0.05, 0.1) is 6.07 Å². The lowest BCUT2D eigenvalue weighted by Gasteiger charge is -2.36. The Balaban J connectivity index is 1.78. The lowest BCUT2D eigenvalue weighted by atomic mass is 9.74. The van der Waals surface area contributed by atoms with Gasteiger partial charge in [0.25, 0.3) is 0 Å². The SMILES string of the molecule is C[C@H](C(=O)N1C2C[C@H]2C[C@H]1C#N)C1(CO)CCCC1. The Morgan fingerprint density at radius 2 is 2.16 bits per heavy atom. The van der Waals surface area contributed by atoms with Crippen molar-refractivity contribution in [1.82, 2.24) is 4.90 Å². The number of amides is 1. The maximum atomic E-state index is 12.8. The van der Waals surface area contributed by atoms with E-state index >= 15 is 0 Å². The molecule has 1 N–H and O–H groups in total. The van der Waals surface area contributed by atoms with E-state index in [0.717, 1.165) is 38.5 Å². The number of likely N-dealkylation sites (tertiary alicyclic amines) is 1. The van der Waals surface area contributed by atoms with Crippen LogP contribution in [-0.4, -0.2) is 34.6 Å². The predicted molar refractivity (Wildman–Crippen MR) is 69.9 cm³/mol. The maximum absolute atomic E-state index is 12.8. The van der Waals surface area contributed by atoms with Crippen LogP contribution in [0.5, 0.6) is 0 Å². The predicted octanol–water partition coefficient (Wildman–Crippen LogP) is 1.69. The Morgan fingerprint density at radius 3 is 2.74 bits per heavy atom. The van der Waals surface area contributed by atoms with Crippen LogP contribution < -0.4 is 0 Å². The van der Waals surface area contributed by atoms with Gasteiger partial charge < -0.3 is 10.0 Å². The van der Waals surface area contributed by atoms with Crippen LogP contribution in [0.3, 0.4) is 0 Å². The van der Waals surface area contributed by atoms with Crippen LogP contribution >= 0.6 is 0 Å². The van der Waals surface area contributed by atoms with Gasteiger partial charge in [-0.05, 0) is 31.6 Å². The fourth-order valence-corrected chi connectivity index (χ4v) is 4.18. The molecule has 3 rings (SSSR count). The van der Waals surface area contributed by atoms with Gasteiger partial charge in [0.2, 0.25) is 5.91 Å². The van der Waals surface area contributed by atoms with Crippen LogP contribution in [0.4, 0.5) is 0 Å². The summed E-state index contributed by atoms with van der Waals surface area (Å²) in [5.41, 5.74) is -0.232. The molecule has 0 aromatic carbocycles. The minimum atomic E-state index is -0.232. The van der Waals surface area contributed by atoms with Crippen LogP contribution in [0.1, 0.15) is 45.4 Å². The molecule has 104 valence electrons. The molecule has 1 heterocycles. The highest BCUT2D eigenvalue weighted by atomic mass is 16.3. The van der Waals surface area contributed by atoms with Crippen LogP contribution in [-0.2, 0) is 4.79 Å². The average molecular weight is 262 g/mol. The number of piperidine rings is 1. The lowest BCUT2D eigenvalue weighted by Crippen LogP contribution is -2.46. The number of aliphatic hydroxyl groups is 1. The summed E-state index contributed by atoms with van der Waals surface area (Å²) in [5, 5.41) is 18.9. The summed E-state index contributed by atoms with van der Waals surface area (Å²) in [6.07, 6.45) is 6.01. The Kier molecular flexibility index (Phi) is 3.05. The topological polar surface area (TPSA) is 64.3 Å². The highest BCUT2D eigenvalue weighted by Crippen LogP contribution is 2.51. The summed E-state index contributed by atoms with van der Waals surface area (Å²) in [7, 11) is 0. The molecule has 1 unspecified atom stereocenters. The van der Waals surface area contributed by atoms with Crippen molar-refractivity contribution in [2.75, 3.05) is 6.61 Å². The Hall–Kier alpha value is -1.08. The van der Waals surface area contributed by atoms with Gasteiger partial charge in [-0.25, -0.2) is 0 Å². The summed E-state index contributed by atoms with van der Waals surface area (Å²) < 4.78 is 0. The third-order valence-electron chi connectivity index (χ3n) is 5.71. The molecule has 0 aromatic heterocycles. The van der Waals surface area contributed by atoms with Gasteiger partial charge >= 0.3 is 0 Å². The first kappa shape index (κ1) is 12.9. The standard InChI is InChI=1S/C15H22N2O2/c1-10(15(9-18)4-2-3-5-15)14(19)17-12(8-16)6-11-7-13(11)17/h10-13,18H,2-7,9H2,1H3/t10-,11-,12+,13?/m1/s1. The molecular formula is C15H22N2O2. The monoisotopic (exact) mass is 262 g/mol. The number of aliphatic hydroxyl groups excluding tert-OH is 1. The number of fused-ring (bicyclic) bond motifs is 1. The maximum Gasteiger partial charge on any atom is 0.227 e. The van der Waals surface area contributed by atoms with Crippen molar-refractivity contribution in [2.45, 2.75) is 57.5 Å². The molecule has 1 aliphatic heterocycles. The molecule has 4 nitrogen and oxygen atoms in total. The van der Waals surface area contributed by atoms with E-state index in [-0.39, 0.29) is 29.9 Å². The summed E-state index contributed by atoms with van der Waals surface area (Å²) in [5.74, 6) is 0.511.